The maximum atomic E-state index is 6.41. The number of nitrogens with zero attached hydrogens (tertiary/aromatic N) is 1. The first-order valence-electron chi connectivity index (χ1n) is 18.7. The molecule has 0 amide bonds. The molecule has 11 aromatic rings. The highest BCUT2D eigenvalue weighted by Gasteiger charge is 2.19. The first kappa shape index (κ1) is 31.2. The molecular weight excluding hydrogens is 671 g/mol. The summed E-state index contributed by atoms with van der Waals surface area (Å²) in [4.78, 5) is 2.36. The van der Waals surface area contributed by atoms with Gasteiger partial charge in [0.15, 0.2) is 0 Å². The van der Waals surface area contributed by atoms with Crippen LogP contribution in [0.2, 0.25) is 0 Å². The van der Waals surface area contributed by atoms with Crippen LogP contribution in [-0.4, -0.2) is 0 Å². The Morgan fingerprint density at radius 3 is 1.67 bits per heavy atom. The Kier molecular flexibility index (Phi) is 7.17. The lowest BCUT2D eigenvalue weighted by Crippen LogP contribution is -2.11. The molecule has 0 unspecified atom stereocenters. The van der Waals surface area contributed by atoms with Crippen LogP contribution in [0.25, 0.3) is 88.0 Å². The minimum Gasteiger partial charge on any atom is -0.456 e. The van der Waals surface area contributed by atoms with E-state index in [1.165, 1.54) is 16.5 Å². The zero-order valence-corrected chi connectivity index (χ0v) is 29.8. The van der Waals surface area contributed by atoms with E-state index in [0.717, 1.165) is 88.6 Å². The van der Waals surface area contributed by atoms with Crippen LogP contribution in [0, 0.1) is 0 Å². The van der Waals surface area contributed by atoms with E-state index in [0.29, 0.717) is 0 Å². The fraction of sp³-hybridized carbons (Fsp3) is 0. The number of fused-ring (bicyclic) bond motifs is 7. The topological polar surface area (TPSA) is 29.5 Å². The molecule has 258 valence electrons. The maximum Gasteiger partial charge on any atom is 0.143 e. The van der Waals surface area contributed by atoms with Gasteiger partial charge in [0.2, 0.25) is 0 Å². The molecule has 2 heterocycles. The first-order chi connectivity index (χ1) is 27.2. The molecule has 55 heavy (non-hydrogen) atoms. The molecule has 0 N–H and O–H groups in total. The summed E-state index contributed by atoms with van der Waals surface area (Å²) in [6.45, 7) is 0. The Hall–Kier alpha value is -7.36. The van der Waals surface area contributed by atoms with Gasteiger partial charge in [0.05, 0.1) is 5.69 Å². The average Bonchev–Trinajstić information content (AvgIpc) is 3.82. The largest absolute Gasteiger partial charge is 0.456 e. The molecule has 0 fully saturated rings. The predicted molar refractivity (Wildman–Crippen MR) is 229 cm³/mol. The van der Waals surface area contributed by atoms with Crippen LogP contribution in [0.15, 0.2) is 209 Å². The van der Waals surface area contributed by atoms with E-state index in [9.17, 15) is 0 Å². The van der Waals surface area contributed by atoms with E-state index in [4.69, 9.17) is 8.83 Å². The van der Waals surface area contributed by atoms with Crippen LogP contribution in [0.4, 0.5) is 17.1 Å². The van der Waals surface area contributed by atoms with Crippen molar-refractivity contribution in [1.82, 2.24) is 0 Å². The fourth-order valence-electron chi connectivity index (χ4n) is 8.17. The smallest absolute Gasteiger partial charge is 0.143 e. The average molecular weight is 704 g/mol. The van der Waals surface area contributed by atoms with E-state index < -0.39 is 0 Å². The first-order valence-corrected chi connectivity index (χ1v) is 18.7. The van der Waals surface area contributed by atoms with Crippen molar-refractivity contribution in [2.24, 2.45) is 0 Å². The molecule has 0 aliphatic rings. The molecule has 0 saturated heterocycles. The summed E-state index contributed by atoms with van der Waals surface area (Å²) in [7, 11) is 0. The highest BCUT2D eigenvalue weighted by atomic mass is 16.3. The number of hydrogen-bond acceptors (Lipinski definition) is 3. The van der Waals surface area contributed by atoms with Crippen LogP contribution in [0.3, 0.4) is 0 Å². The zero-order chi connectivity index (χ0) is 36.3. The minimum absolute atomic E-state index is 0.904. The number of anilines is 3. The second-order valence-electron chi connectivity index (χ2n) is 14.1. The Bertz CT molecular complexity index is 3190. The van der Waals surface area contributed by atoms with Gasteiger partial charge in [-0.2, -0.15) is 0 Å². The molecular formula is C52H33NO2. The molecule has 0 radical (unpaired) electrons. The van der Waals surface area contributed by atoms with E-state index in [-0.39, 0.29) is 0 Å². The Morgan fingerprint density at radius 1 is 0.309 bits per heavy atom. The van der Waals surface area contributed by atoms with Gasteiger partial charge in [-0.1, -0.05) is 140 Å². The molecule has 2 aromatic heterocycles. The van der Waals surface area contributed by atoms with E-state index >= 15 is 0 Å². The van der Waals surface area contributed by atoms with Crippen LogP contribution in [-0.2, 0) is 0 Å². The third-order valence-corrected chi connectivity index (χ3v) is 10.9. The van der Waals surface area contributed by atoms with Gasteiger partial charge >= 0.3 is 0 Å². The lowest BCUT2D eigenvalue weighted by atomic mass is 9.98. The molecule has 0 aliphatic carbocycles. The van der Waals surface area contributed by atoms with Crippen LogP contribution in [0.5, 0.6) is 0 Å². The highest BCUT2D eigenvalue weighted by molar-refractivity contribution is 6.11. The zero-order valence-electron chi connectivity index (χ0n) is 29.8. The number of benzene rings is 9. The Balaban J connectivity index is 1.00. The standard InChI is InChI=1S/C52H33NO2/c1-2-11-35(12-3-1)42-13-4-7-18-48(42)53(41-29-25-36(26-30-41)43-16-10-17-46-44-14-5-9-20-50(44)55-52(43)46)40-27-23-34(24-28-40)37-21-22-38-33-51-47(32-39(38)31-37)45-15-6-8-19-49(45)54-51/h1-33H. The lowest BCUT2D eigenvalue weighted by Gasteiger charge is -2.28. The second kappa shape index (κ2) is 12.6. The van der Waals surface area contributed by atoms with Gasteiger partial charge in [-0.05, 0) is 93.7 Å². The molecule has 0 saturated carbocycles. The van der Waals surface area contributed by atoms with Crippen molar-refractivity contribution in [3.8, 4) is 33.4 Å². The van der Waals surface area contributed by atoms with E-state index in [2.05, 4.69) is 181 Å². The quantitative estimate of drug-likeness (QED) is 0.173. The Morgan fingerprint density at radius 2 is 0.891 bits per heavy atom. The van der Waals surface area contributed by atoms with E-state index in [1.54, 1.807) is 0 Å². The predicted octanol–water partition coefficient (Wildman–Crippen LogP) is 15.1. The van der Waals surface area contributed by atoms with Gasteiger partial charge in [-0.15, -0.1) is 0 Å². The summed E-state index contributed by atoms with van der Waals surface area (Å²) < 4.78 is 12.6. The van der Waals surface area contributed by atoms with Gasteiger partial charge in [-0.25, -0.2) is 0 Å². The van der Waals surface area contributed by atoms with Crippen LogP contribution < -0.4 is 4.90 Å². The maximum absolute atomic E-state index is 6.41. The third kappa shape index (κ3) is 5.28. The molecule has 0 bridgehead atoms. The van der Waals surface area contributed by atoms with Gasteiger partial charge < -0.3 is 13.7 Å². The molecule has 0 aliphatic heterocycles. The van der Waals surface area contributed by atoms with Crippen molar-refractivity contribution in [2.75, 3.05) is 4.90 Å². The van der Waals surface area contributed by atoms with Gasteiger partial charge in [0, 0.05) is 44.0 Å². The van der Waals surface area contributed by atoms with Crippen molar-refractivity contribution in [3.05, 3.63) is 200 Å². The van der Waals surface area contributed by atoms with Gasteiger partial charge in [0.1, 0.15) is 22.3 Å². The number of para-hydroxylation sites is 4. The van der Waals surface area contributed by atoms with Crippen molar-refractivity contribution < 1.29 is 8.83 Å². The molecule has 0 spiro atoms. The summed E-state index contributed by atoms with van der Waals surface area (Å²) in [5, 5.41) is 6.90. The van der Waals surface area contributed by atoms with Crippen molar-refractivity contribution in [1.29, 1.82) is 0 Å². The third-order valence-electron chi connectivity index (χ3n) is 10.9. The summed E-state index contributed by atoms with van der Waals surface area (Å²) >= 11 is 0. The molecule has 3 heteroatoms. The SMILES string of the molecule is c1ccc(-c2ccccc2N(c2ccc(-c3ccc4cc5oc6ccccc6c5cc4c3)cc2)c2ccc(-c3cccc4c3oc3ccccc34)cc2)cc1. The summed E-state index contributed by atoms with van der Waals surface area (Å²) in [5.41, 5.74) is 13.8. The highest BCUT2D eigenvalue weighted by Crippen LogP contribution is 2.43. The van der Waals surface area contributed by atoms with Gasteiger partial charge in [0.25, 0.3) is 0 Å². The molecule has 0 atom stereocenters. The Labute approximate surface area is 317 Å². The number of hydrogen-bond donors (Lipinski definition) is 0. The molecule has 3 nitrogen and oxygen atoms in total. The summed E-state index contributed by atoms with van der Waals surface area (Å²) in [6, 6.07) is 71.1. The number of furan rings is 2. The monoisotopic (exact) mass is 703 g/mol. The van der Waals surface area contributed by atoms with Crippen molar-refractivity contribution >= 4 is 71.7 Å². The van der Waals surface area contributed by atoms with E-state index in [1.807, 2.05) is 24.3 Å². The van der Waals surface area contributed by atoms with Crippen molar-refractivity contribution in [2.45, 2.75) is 0 Å². The molecule has 9 aromatic carbocycles. The van der Waals surface area contributed by atoms with Crippen molar-refractivity contribution in [3.63, 3.8) is 0 Å². The number of rotatable bonds is 6. The van der Waals surface area contributed by atoms with Crippen LogP contribution >= 0.6 is 0 Å². The van der Waals surface area contributed by atoms with Gasteiger partial charge in [-0.3, -0.25) is 0 Å². The lowest BCUT2D eigenvalue weighted by molar-refractivity contribution is 0.669. The molecule has 11 rings (SSSR count). The minimum atomic E-state index is 0.904. The fourth-order valence-corrected chi connectivity index (χ4v) is 8.17. The van der Waals surface area contributed by atoms with Crippen LogP contribution in [0.1, 0.15) is 0 Å². The second-order valence-corrected chi connectivity index (χ2v) is 14.1. The summed E-state index contributed by atoms with van der Waals surface area (Å²) in [6.07, 6.45) is 0. The normalized spacial score (nSPS) is 11.6. The summed E-state index contributed by atoms with van der Waals surface area (Å²) in [5.74, 6) is 0.